The molecule has 1 atom stereocenters. The van der Waals surface area contributed by atoms with E-state index in [0.29, 0.717) is 17.2 Å². The monoisotopic (exact) mass is 314 g/mol. The van der Waals surface area contributed by atoms with Crippen molar-refractivity contribution in [2.45, 2.75) is 39.3 Å². The number of amides is 1. The molecule has 2 aromatic rings. The van der Waals surface area contributed by atoms with Gasteiger partial charge in [-0.2, -0.15) is 15.0 Å². The molecule has 0 aliphatic carbocycles. The molecular weight excluding hydrogens is 296 g/mol. The minimum absolute atomic E-state index is 0.435. The van der Waals surface area contributed by atoms with Crippen LogP contribution in [0.25, 0.3) is 5.82 Å². The molecule has 0 spiro atoms. The Balaban J connectivity index is 2.43. The third-order valence-electron chi connectivity index (χ3n) is 3.36. The number of nitriles is 1. The van der Waals surface area contributed by atoms with E-state index in [1.807, 2.05) is 26.8 Å². The van der Waals surface area contributed by atoms with Crippen LogP contribution in [-0.4, -0.2) is 41.4 Å². The lowest BCUT2D eigenvalue weighted by molar-refractivity contribution is 0.0720. The van der Waals surface area contributed by atoms with Crippen molar-refractivity contribution in [1.82, 2.24) is 24.6 Å². The molecule has 120 valence electrons. The number of rotatable bonds is 3. The van der Waals surface area contributed by atoms with Gasteiger partial charge in [0.25, 0.3) is 0 Å². The van der Waals surface area contributed by atoms with Crippen LogP contribution in [0.15, 0.2) is 24.7 Å². The van der Waals surface area contributed by atoms with Gasteiger partial charge in [0.05, 0.1) is 11.6 Å². The van der Waals surface area contributed by atoms with Crippen LogP contribution in [0.3, 0.4) is 0 Å². The van der Waals surface area contributed by atoms with E-state index in [1.165, 1.54) is 22.1 Å². The number of carboxylic acid groups (broad SMARTS) is 1. The molecule has 8 nitrogen and oxygen atoms in total. The van der Waals surface area contributed by atoms with Gasteiger partial charge in [-0.1, -0.05) is 0 Å². The third kappa shape index (κ3) is 3.29. The Labute approximate surface area is 134 Å². The van der Waals surface area contributed by atoms with Crippen LogP contribution in [-0.2, 0) is 0 Å². The van der Waals surface area contributed by atoms with Gasteiger partial charge >= 0.3 is 6.09 Å². The van der Waals surface area contributed by atoms with Gasteiger partial charge in [-0.05, 0) is 39.8 Å². The van der Waals surface area contributed by atoms with Gasteiger partial charge in [0.1, 0.15) is 12.4 Å². The summed E-state index contributed by atoms with van der Waals surface area (Å²) in [4.78, 5) is 21.3. The van der Waals surface area contributed by atoms with E-state index in [1.54, 1.807) is 19.1 Å². The van der Waals surface area contributed by atoms with Gasteiger partial charge in [0, 0.05) is 11.7 Å². The highest BCUT2D eigenvalue weighted by atomic mass is 16.4. The molecule has 2 aromatic heterocycles. The van der Waals surface area contributed by atoms with Crippen molar-refractivity contribution in [1.29, 1.82) is 5.26 Å². The summed E-state index contributed by atoms with van der Waals surface area (Å²) in [7, 11) is 0. The molecule has 0 fully saturated rings. The molecule has 23 heavy (non-hydrogen) atoms. The normalized spacial score (nSPS) is 12.5. The lowest BCUT2D eigenvalue weighted by Gasteiger charge is -2.37. The molecule has 2 rings (SSSR count). The second-order valence-corrected chi connectivity index (χ2v) is 6.05. The lowest BCUT2D eigenvalue weighted by atomic mass is 10.0. The Hall–Kier alpha value is -2.95. The molecule has 0 unspecified atom stereocenters. The standard InChI is InChI=1S/C15H18N6O2/c1-10(20(14(22)23)15(2,3)4)13-18-9-19-21(13)12-6-5-11(7-16)8-17-12/h5-6,8-10H,1-4H3,(H,22,23)/t10-/m0/s1. The fraction of sp³-hybridized carbons (Fsp3) is 0.400. The van der Waals surface area contributed by atoms with Crippen molar-refractivity contribution in [3.63, 3.8) is 0 Å². The van der Waals surface area contributed by atoms with Crippen LogP contribution in [0.5, 0.6) is 0 Å². The Bertz CT molecular complexity index is 739. The number of hydrogen-bond acceptors (Lipinski definition) is 5. The Morgan fingerprint density at radius 3 is 2.57 bits per heavy atom. The summed E-state index contributed by atoms with van der Waals surface area (Å²) in [6.45, 7) is 7.21. The van der Waals surface area contributed by atoms with Crippen LogP contribution in [0, 0.1) is 11.3 Å². The molecule has 1 amide bonds. The minimum Gasteiger partial charge on any atom is -0.465 e. The maximum Gasteiger partial charge on any atom is 0.408 e. The summed E-state index contributed by atoms with van der Waals surface area (Å²) in [6, 6.07) is 4.74. The fourth-order valence-corrected chi connectivity index (χ4v) is 2.44. The van der Waals surface area contributed by atoms with E-state index >= 15 is 0 Å². The summed E-state index contributed by atoms with van der Waals surface area (Å²) in [5.74, 6) is 0.933. The summed E-state index contributed by atoms with van der Waals surface area (Å²) in [6.07, 6.45) is 1.76. The first-order chi connectivity index (χ1) is 10.8. The van der Waals surface area contributed by atoms with Gasteiger partial charge in [0.15, 0.2) is 11.6 Å². The molecule has 0 aliphatic rings. The second-order valence-electron chi connectivity index (χ2n) is 6.05. The lowest BCUT2D eigenvalue weighted by Crippen LogP contribution is -2.47. The summed E-state index contributed by atoms with van der Waals surface area (Å²) in [5, 5.41) is 22.5. The minimum atomic E-state index is -1.03. The van der Waals surface area contributed by atoms with Crippen LogP contribution in [0.1, 0.15) is 45.1 Å². The van der Waals surface area contributed by atoms with Crippen LogP contribution in [0.2, 0.25) is 0 Å². The Morgan fingerprint density at radius 1 is 1.39 bits per heavy atom. The maximum absolute atomic E-state index is 11.6. The first-order valence-electron chi connectivity index (χ1n) is 7.04. The fourth-order valence-electron chi connectivity index (χ4n) is 2.44. The van der Waals surface area contributed by atoms with Crippen molar-refractivity contribution in [2.75, 3.05) is 0 Å². The quantitative estimate of drug-likeness (QED) is 0.931. The summed E-state index contributed by atoms with van der Waals surface area (Å²) < 4.78 is 1.48. The summed E-state index contributed by atoms with van der Waals surface area (Å²) in [5.41, 5.74) is -0.162. The average Bonchev–Trinajstić information content (AvgIpc) is 2.94. The van der Waals surface area contributed by atoms with Gasteiger partial charge in [-0.25, -0.2) is 14.8 Å². The van der Waals surface area contributed by atoms with E-state index in [0.717, 1.165) is 0 Å². The maximum atomic E-state index is 11.6. The number of hydrogen-bond donors (Lipinski definition) is 1. The van der Waals surface area contributed by atoms with E-state index in [2.05, 4.69) is 15.1 Å². The molecule has 0 bridgehead atoms. The van der Waals surface area contributed by atoms with E-state index in [-0.39, 0.29) is 0 Å². The Morgan fingerprint density at radius 2 is 2.09 bits per heavy atom. The first-order valence-corrected chi connectivity index (χ1v) is 7.04. The van der Waals surface area contributed by atoms with Crippen LogP contribution in [0.4, 0.5) is 4.79 Å². The van der Waals surface area contributed by atoms with Crippen molar-refractivity contribution in [2.24, 2.45) is 0 Å². The molecule has 1 N–H and O–H groups in total. The van der Waals surface area contributed by atoms with Crippen molar-refractivity contribution >= 4 is 6.09 Å². The number of carbonyl (C=O) groups is 1. The number of aromatic nitrogens is 4. The van der Waals surface area contributed by atoms with Crippen molar-refractivity contribution in [3.05, 3.63) is 36.0 Å². The predicted octanol–water partition coefficient (Wildman–Crippen LogP) is 2.37. The first kappa shape index (κ1) is 16.4. The molecule has 8 heteroatoms. The van der Waals surface area contributed by atoms with Crippen molar-refractivity contribution in [3.8, 4) is 11.9 Å². The molecule has 0 aliphatic heterocycles. The molecular formula is C15H18N6O2. The molecule has 0 radical (unpaired) electrons. The highest BCUT2D eigenvalue weighted by molar-refractivity contribution is 5.66. The average molecular weight is 314 g/mol. The van der Waals surface area contributed by atoms with E-state index < -0.39 is 17.7 Å². The molecule has 0 saturated carbocycles. The zero-order chi connectivity index (χ0) is 17.2. The number of nitrogens with zero attached hydrogens (tertiary/aromatic N) is 6. The van der Waals surface area contributed by atoms with Gasteiger partial charge in [0.2, 0.25) is 0 Å². The van der Waals surface area contributed by atoms with Crippen LogP contribution >= 0.6 is 0 Å². The third-order valence-corrected chi connectivity index (χ3v) is 3.36. The SMILES string of the molecule is C[C@@H](c1ncnn1-c1ccc(C#N)cn1)N(C(=O)O)C(C)(C)C. The van der Waals surface area contributed by atoms with E-state index in [4.69, 9.17) is 5.26 Å². The largest absolute Gasteiger partial charge is 0.465 e. The van der Waals surface area contributed by atoms with E-state index in [9.17, 15) is 9.90 Å². The van der Waals surface area contributed by atoms with Gasteiger partial charge < -0.3 is 5.11 Å². The molecule has 0 saturated heterocycles. The molecule has 2 heterocycles. The number of pyridine rings is 1. The van der Waals surface area contributed by atoms with Gasteiger partial charge in [-0.15, -0.1) is 0 Å². The zero-order valence-electron chi connectivity index (χ0n) is 13.4. The molecule has 0 aromatic carbocycles. The summed E-state index contributed by atoms with van der Waals surface area (Å²) >= 11 is 0. The zero-order valence-corrected chi connectivity index (χ0v) is 13.4. The van der Waals surface area contributed by atoms with Crippen molar-refractivity contribution < 1.29 is 9.90 Å². The highest BCUT2D eigenvalue weighted by Crippen LogP contribution is 2.27. The predicted molar refractivity (Wildman–Crippen MR) is 81.9 cm³/mol. The topological polar surface area (TPSA) is 108 Å². The van der Waals surface area contributed by atoms with Gasteiger partial charge in [-0.3, -0.25) is 4.90 Å². The smallest absolute Gasteiger partial charge is 0.408 e. The second kappa shape index (κ2) is 6.04. The van der Waals surface area contributed by atoms with Crippen LogP contribution < -0.4 is 0 Å². The Kier molecular flexibility index (Phi) is 4.31. The highest BCUT2D eigenvalue weighted by Gasteiger charge is 2.34.